The lowest BCUT2D eigenvalue weighted by atomic mass is 10.1. The molecular formula is C20H19FN4O3. The Labute approximate surface area is 161 Å². The van der Waals surface area contributed by atoms with Gasteiger partial charge in [-0.25, -0.2) is 14.0 Å². The summed E-state index contributed by atoms with van der Waals surface area (Å²) in [6.45, 7) is 1.49. The Morgan fingerprint density at radius 1 is 1.21 bits per heavy atom. The largest absolute Gasteiger partial charge is 0.465 e. The number of hydrogen-bond acceptors (Lipinski definition) is 5. The third-order valence-corrected chi connectivity index (χ3v) is 3.77. The lowest BCUT2D eigenvalue weighted by molar-refractivity contribution is 0.0601. The molecular weight excluding hydrogens is 363 g/mol. The summed E-state index contributed by atoms with van der Waals surface area (Å²) in [5.74, 6) is 4.22. The smallest absolute Gasteiger partial charge is 0.340 e. The fourth-order valence-electron chi connectivity index (χ4n) is 2.41. The van der Waals surface area contributed by atoms with Crippen LogP contribution >= 0.6 is 0 Å². The maximum Gasteiger partial charge on any atom is 0.340 e. The highest BCUT2D eigenvalue weighted by Gasteiger charge is 2.16. The number of esters is 1. The number of nitrogens with one attached hydrogen (secondary N) is 2. The third kappa shape index (κ3) is 4.45. The fourth-order valence-corrected chi connectivity index (χ4v) is 2.41. The molecule has 0 heterocycles. The number of nitrogen functional groups attached to an aromatic ring is 1. The second kappa shape index (κ2) is 8.68. The van der Waals surface area contributed by atoms with Gasteiger partial charge in [0, 0.05) is 12.6 Å². The van der Waals surface area contributed by atoms with Crippen LogP contribution in [0.3, 0.4) is 0 Å². The van der Waals surface area contributed by atoms with Gasteiger partial charge >= 0.3 is 12.0 Å². The van der Waals surface area contributed by atoms with E-state index < -0.39 is 17.8 Å². The molecule has 8 heteroatoms. The van der Waals surface area contributed by atoms with E-state index in [9.17, 15) is 14.0 Å². The highest BCUT2D eigenvalue weighted by molar-refractivity contribution is 6.14. The average Bonchev–Trinajstić information content (AvgIpc) is 2.68. The molecule has 2 amide bonds. The normalized spacial score (nSPS) is 9.71. The number of halogens is 1. The number of urea groups is 1. The minimum Gasteiger partial charge on any atom is -0.465 e. The van der Waals surface area contributed by atoms with Crippen molar-refractivity contribution in [3.05, 3.63) is 58.9 Å². The van der Waals surface area contributed by atoms with Crippen LogP contribution in [0.5, 0.6) is 0 Å². The zero-order chi connectivity index (χ0) is 20.8. The molecule has 0 saturated heterocycles. The first-order chi connectivity index (χ1) is 13.3. The maximum absolute atomic E-state index is 13.8. The Bertz CT molecular complexity index is 991. The van der Waals surface area contributed by atoms with E-state index in [4.69, 9.17) is 11.1 Å². The number of methoxy groups -OCH3 is 1. The summed E-state index contributed by atoms with van der Waals surface area (Å²) in [6, 6.07) is 8.26. The summed E-state index contributed by atoms with van der Waals surface area (Å²) in [6.07, 6.45) is 0. The first kappa shape index (κ1) is 20.5. The van der Waals surface area contributed by atoms with E-state index in [2.05, 4.69) is 21.9 Å². The number of anilines is 2. The summed E-state index contributed by atoms with van der Waals surface area (Å²) in [5.41, 5.74) is 7.06. The molecule has 2 rings (SSSR count). The highest BCUT2D eigenvalue weighted by atomic mass is 19.1. The Hall–Kier alpha value is -3.86. The van der Waals surface area contributed by atoms with Crippen molar-refractivity contribution in [1.82, 2.24) is 5.32 Å². The highest BCUT2D eigenvalue weighted by Crippen LogP contribution is 2.20. The molecule has 2 aromatic carbocycles. The molecule has 4 N–H and O–H groups in total. The standard InChI is InChI=1S/C20H19FN4O3/c1-12(22)25(20(27)24-2)16-8-5-13(6-9-16)4-7-14-10-15(21)11-17(18(14)23)19(26)28-3/h5-6,8-11,22H,23H2,1-3H3,(H,24,27). The van der Waals surface area contributed by atoms with Gasteiger partial charge in [-0.2, -0.15) is 0 Å². The number of rotatable bonds is 2. The molecule has 0 spiro atoms. The first-order valence-corrected chi connectivity index (χ1v) is 8.15. The van der Waals surface area contributed by atoms with Crippen LogP contribution in [0.15, 0.2) is 36.4 Å². The van der Waals surface area contributed by atoms with Crippen molar-refractivity contribution in [2.24, 2.45) is 0 Å². The van der Waals surface area contributed by atoms with E-state index in [1.807, 2.05) is 0 Å². The molecule has 0 aliphatic heterocycles. The van der Waals surface area contributed by atoms with Gasteiger partial charge in [0.15, 0.2) is 0 Å². The van der Waals surface area contributed by atoms with E-state index in [-0.39, 0.29) is 22.6 Å². The molecule has 0 bridgehead atoms. The molecule has 2 aromatic rings. The monoisotopic (exact) mass is 382 g/mol. The summed E-state index contributed by atoms with van der Waals surface area (Å²) >= 11 is 0. The number of amidine groups is 1. The molecule has 0 aliphatic rings. The van der Waals surface area contributed by atoms with E-state index >= 15 is 0 Å². The van der Waals surface area contributed by atoms with Gasteiger partial charge in [-0.15, -0.1) is 0 Å². The molecule has 28 heavy (non-hydrogen) atoms. The van der Waals surface area contributed by atoms with Crippen LogP contribution in [0.4, 0.5) is 20.6 Å². The Balaban J connectivity index is 2.35. The van der Waals surface area contributed by atoms with Crippen LogP contribution in [0.2, 0.25) is 0 Å². The average molecular weight is 382 g/mol. The van der Waals surface area contributed by atoms with Crippen molar-refractivity contribution in [2.45, 2.75) is 6.92 Å². The van der Waals surface area contributed by atoms with Gasteiger partial charge in [-0.05, 0) is 43.3 Å². The van der Waals surface area contributed by atoms with Crippen LogP contribution < -0.4 is 16.0 Å². The predicted octanol–water partition coefficient (Wildman–Crippen LogP) is 2.74. The van der Waals surface area contributed by atoms with Crippen molar-refractivity contribution < 1.29 is 18.7 Å². The molecule has 0 aliphatic carbocycles. The Kier molecular flexibility index (Phi) is 6.34. The number of hydrogen-bond donors (Lipinski definition) is 3. The molecule has 0 fully saturated rings. The second-order valence-electron chi connectivity index (χ2n) is 5.68. The van der Waals surface area contributed by atoms with Crippen molar-refractivity contribution in [3.63, 3.8) is 0 Å². The van der Waals surface area contributed by atoms with E-state index in [0.29, 0.717) is 11.3 Å². The summed E-state index contributed by atoms with van der Waals surface area (Å²) in [4.78, 5) is 24.8. The van der Waals surface area contributed by atoms with Gasteiger partial charge in [-0.3, -0.25) is 10.3 Å². The number of amides is 2. The molecule has 0 unspecified atom stereocenters. The molecule has 7 nitrogen and oxygen atoms in total. The SMILES string of the molecule is CNC(=O)N(C(C)=N)c1ccc(C#Cc2cc(F)cc(C(=O)OC)c2N)cc1. The zero-order valence-corrected chi connectivity index (χ0v) is 15.6. The van der Waals surface area contributed by atoms with Gasteiger partial charge in [0.2, 0.25) is 0 Å². The quantitative estimate of drug-likeness (QED) is 0.244. The third-order valence-electron chi connectivity index (χ3n) is 3.77. The zero-order valence-electron chi connectivity index (χ0n) is 15.6. The van der Waals surface area contributed by atoms with Gasteiger partial charge in [-0.1, -0.05) is 11.8 Å². The Morgan fingerprint density at radius 2 is 1.86 bits per heavy atom. The van der Waals surface area contributed by atoms with E-state index in [1.54, 1.807) is 24.3 Å². The summed E-state index contributed by atoms with van der Waals surface area (Å²) in [7, 11) is 2.65. The number of benzene rings is 2. The van der Waals surface area contributed by atoms with Gasteiger partial charge < -0.3 is 15.8 Å². The van der Waals surface area contributed by atoms with Crippen LogP contribution in [-0.2, 0) is 4.74 Å². The number of nitrogens with two attached hydrogens (primary N) is 1. The van der Waals surface area contributed by atoms with Gasteiger partial charge in [0.25, 0.3) is 0 Å². The van der Waals surface area contributed by atoms with Crippen LogP contribution in [0, 0.1) is 23.1 Å². The predicted molar refractivity (Wildman–Crippen MR) is 105 cm³/mol. The van der Waals surface area contributed by atoms with Crippen molar-refractivity contribution in [1.29, 1.82) is 5.41 Å². The molecule has 144 valence electrons. The summed E-state index contributed by atoms with van der Waals surface area (Å²) in [5, 5.41) is 10.2. The first-order valence-electron chi connectivity index (χ1n) is 8.15. The van der Waals surface area contributed by atoms with Crippen LogP contribution in [0.1, 0.15) is 28.4 Å². The van der Waals surface area contributed by atoms with Crippen molar-refractivity contribution >= 4 is 29.2 Å². The number of carbonyl (C=O) groups is 2. The number of ether oxygens (including phenoxy) is 1. The minimum atomic E-state index is -0.749. The lowest BCUT2D eigenvalue weighted by Crippen LogP contribution is -2.41. The topological polar surface area (TPSA) is 109 Å². The van der Waals surface area contributed by atoms with Crippen LogP contribution in [-0.4, -0.2) is 32.0 Å². The van der Waals surface area contributed by atoms with Crippen LogP contribution in [0.25, 0.3) is 0 Å². The molecule has 0 aromatic heterocycles. The van der Waals surface area contributed by atoms with Gasteiger partial charge in [0.05, 0.1) is 29.6 Å². The van der Waals surface area contributed by atoms with E-state index in [1.165, 1.54) is 26.0 Å². The summed E-state index contributed by atoms with van der Waals surface area (Å²) < 4.78 is 18.3. The number of nitrogens with zero attached hydrogens (tertiary/aromatic N) is 1. The molecule has 0 saturated carbocycles. The minimum absolute atomic E-state index is 0.0302. The van der Waals surface area contributed by atoms with Crippen molar-refractivity contribution in [2.75, 3.05) is 24.8 Å². The fraction of sp³-hybridized carbons (Fsp3) is 0.150. The molecule has 0 radical (unpaired) electrons. The lowest BCUT2D eigenvalue weighted by Gasteiger charge is -2.20. The van der Waals surface area contributed by atoms with Crippen molar-refractivity contribution in [3.8, 4) is 11.8 Å². The molecule has 0 atom stereocenters. The van der Waals surface area contributed by atoms with E-state index in [0.717, 1.165) is 12.1 Å². The maximum atomic E-state index is 13.8. The Morgan fingerprint density at radius 3 is 2.39 bits per heavy atom. The van der Waals surface area contributed by atoms with Gasteiger partial charge in [0.1, 0.15) is 11.7 Å². The second-order valence-corrected chi connectivity index (χ2v) is 5.68. The number of carbonyl (C=O) groups excluding carboxylic acids is 2.